The van der Waals surface area contributed by atoms with E-state index in [4.69, 9.17) is 16.3 Å². The van der Waals surface area contributed by atoms with Gasteiger partial charge < -0.3 is 14.7 Å². The zero-order valence-corrected chi connectivity index (χ0v) is 15.4. The molecule has 0 bridgehead atoms. The van der Waals surface area contributed by atoms with E-state index in [2.05, 4.69) is 10.2 Å². The predicted molar refractivity (Wildman–Crippen MR) is 102 cm³/mol. The number of ether oxygens (including phenoxy) is 1. The van der Waals surface area contributed by atoms with E-state index in [1.165, 1.54) is 0 Å². The van der Waals surface area contributed by atoms with Gasteiger partial charge in [0.15, 0.2) is 0 Å². The Hall–Kier alpha value is -2.83. The van der Waals surface area contributed by atoms with Gasteiger partial charge in [-0.25, -0.2) is 0 Å². The second-order valence-corrected chi connectivity index (χ2v) is 6.76. The number of aromatic hydroxyl groups is 1. The lowest BCUT2D eigenvalue weighted by molar-refractivity contribution is 0.0677. The van der Waals surface area contributed by atoms with Crippen LogP contribution in [0.15, 0.2) is 48.5 Å². The first-order chi connectivity index (χ1) is 13.1. The SMILES string of the molecule is COCCN1C(=O)c2[nH]nc(-c3ccccc3O)c2[C@H]1c1ccc(Cl)cc1. The van der Waals surface area contributed by atoms with E-state index in [-0.39, 0.29) is 17.7 Å². The Balaban J connectivity index is 1.88. The van der Waals surface area contributed by atoms with Gasteiger partial charge in [-0.2, -0.15) is 5.10 Å². The zero-order chi connectivity index (χ0) is 19.0. The van der Waals surface area contributed by atoms with Gasteiger partial charge in [0.25, 0.3) is 5.91 Å². The zero-order valence-electron chi connectivity index (χ0n) is 14.6. The van der Waals surface area contributed by atoms with E-state index in [9.17, 15) is 9.90 Å². The van der Waals surface area contributed by atoms with Crippen molar-refractivity contribution in [2.24, 2.45) is 0 Å². The van der Waals surface area contributed by atoms with Gasteiger partial charge in [-0.3, -0.25) is 9.89 Å². The number of aromatic amines is 1. The molecule has 2 aromatic carbocycles. The van der Waals surface area contributed by atoms with Crippen LogP contribution in [0, 0.1) is 0 Å². The summed E-state index contributed by atoms with van der Waals surface area (Å²) >= 11 is 6.04. The summed E-state index contributed by atoms with van der Waals surface area (Å²) in [4.78, 5) is 14.7. The molecule has 1 aliphatic heterocycles. The van der Waals surface area contributed by atoms with Crippen LogP contribution in [0.4, 0.5) is 0 Å². The van der Waals surface area contributed by atoms with Crippen molar-refractivity contribution in [2.75, 3.05) is 20.3 Å². The average molecular weight is 384 g/mol. The van der Waals surface area contributed by atoms with E-state index in [1.54, 1.807) is 42.3 Å². The molecule has 1 aliphatic rings. The molecule has 0 saturated carbocycles. The summed E-state index contributed by atoms with van der Waals surface area (Å²) in [5, 5.41) is 18.1. The summed E-state index contributed by atoms with van der Waals surface area (Å²) in [6.07, 6.45) is 0. The Labute approximate surface area is 161 Å². The average Bonchev–Trinajstić information content (AvgIpc) is 3.21. The minimum absolute atomic E-state index is 0.115. The number of para-hydroxylation sites is 1. The largest absolute Gasteiger partial charge is 0.507 e. The van der Waals surface area contributed by atoms with Gasteiger partial charge in [0.05, 0.1) is 12.6 Å². The summed E-state index contributed by atoms with van der Waals surface area (Å²) in [7, 11) is 1.60. The van der Waals surface area contributed by atoms with Crippen molar-refractivity contribution in [1.29, 1.82) is 0 Å². The molecule has 0 radical (unpaired) electrons. The van der Waals surface area contributed by atoms with Crippen LogP contribution in [0.2, 0.25) is 5.02 Å². The van der Waals surface area contributed by atoms with Crippen molar-refractivity contribution >= 4 is 17.5 Å². The number of fused-ring (bicyclic) bond motifs is 1. The van der Waals surface area contributed by atoms with Crippen LogP contribution in [-0.2, 0) is 4.74 Å². The highest BCUT2D eigenvalue weighted by Crippen LogP contribution is 2.44. The van der Waals surface area contributed by atoms with E-state index in [0.29, 0.717) is 35.1 Å². The smallest absolute Gasteiger partial charge is 0.273 e. The molecule has 0 aliphatic carbocycles. The van der Waals surface area contributed by atoms with Gasteiger partial charge in [0.1, 0.15) is 17.1 Å². The maximum Gasteiger partial charge on any atom is 0.273 e. The Morgan fingerprint density at radius 1 is 1.22 bits per heavy atom. The number of phenolic OH excluding ortho intramolecular Hbond substituents is 1. The Bertz CT molecular complexity index is 984. The minimum atomic E-state index is -0.340. The van der Waals surface area contributed by atoms with E-state index >= 15 is 0 Å². The lowest BCUT2D eigenvalue weighted by Crippen LogP contribution is -2.32. The standard InChI is InChI=1S/C20H18ClN3O3/c1-27-11-10-24-19(12-6-8-13(21)9-7-12)16-17(22-23-18(16)20(24)26)14-4-2-3-5-15(14)25/h2-9,19,25H,10-11H2,1H3,(H,22,23)/t19-/m1/s1. The Morgan fingerprint density at radius 3 is 2.67 bits per heavy atom. The number of nitrogens with zero attached hydrogens (tertiary/aromatic N) is 2. The lowest BCUT2D eigenvalue weighted by Gasteiger charge is -2.26. The van der Waals surface area contributed by atoms with Crippen molar-refractivity contribution in [3.63, 3.8) is 0 Å². The molecule has 0 unspecified atom stereocenters. The van der Waals surface area contributed by atoms with Crippen LogP contribution in [-0.4, -0.2) is 46.4 Å². The van der Waals surface area contributed by atoms with Crippen LogP contribution >= 0.6 is 11.6 Å². The summed E-state index contributed by atoms with van der Waals surface area (Å²) in [6.45, 7) is 0.852. The first-order valence-electron chi connectivity index (χ1n) is 8.53. The molecular formula is C20H18ClN3O3. The molecule has 0 spiro atoms. The predicted octanol–water partition coefficient (Wildman–Crippen LogP) is 3.63. The molecule has 2 N–H and O–H groups in total. The monoisotopic (exact) mass is 383 g/mol. The highest BCUT2D eigenvalue weighted by Gasteiger charge is 2.42. The fourth-order valence-corrected chi connectivity index (χ4v) is 3.61. The number of aromatic nitrogens is 2. The van der Waals surface area contributed by atoms with Crippen LogP contribution in [0.25, 0.3) is 11.3 Å². The number of rotatable bonds is 5. The van der Waals surface area contributed by atoms with Gasteiger partial charge in [-0.15, -0.1) is 0 Å². The quantitative estimate of drug-likeness (QED) is 0.705. The molecule has 0 fully saturated rings. The van der Waals surface area contributed by atoms with Gasteiger partial charge in [0, 0.05) is 29.8 Å². The van der Waals surface area contributed by atoms with Crippen molar-refractivity contribution in [1.82, 2.24) is 15.1 Å². The Kier molecular flexibility index (Phi) is 4.59. The third kappa shape index (κ3) is 2.97. The minimum Gasteiger partial charge on any atom is -0.507 e. The molecule has 1 aromatic heterocycles. The molecule has 138 valence electrons. The molecule has 4 rings (SSSR count). The van der Waals surface area contributed by atoms with Crippen molar-refractivity contribution in [2.45, 2.75) is 6.04 Å². The molecule has 7 heteroatoms. The normalized spacial score (nSPS) is 16.0. The first kappa shape index (κ1) is 17.6. The molecule has 1 amide bonds. The third-order valence-corrected chi connectivity index (χ3v) is 5.00. The number of H-pyrrole nitrogens is 1. The second kappa shape index (κ2) is 7.06. The number of phenols is 1. The lowest BCUT2D eigenvalue weighted by atomic mass is 9.96. The highest BCUT2D eigenvalue weighted by atomic mass is 35.5. The first-order valence-corrected chi connectivity index (χ1v) is 8.91. The number of amides is 1. The molecule has 0 saturated heterocycles. The number of hydrogen-bond donors (Lipinski definition) is 2. The van der Waals surface area contributed by atoms with Crippen LogP contribution in [0.5, 0.6) is 5.75 Å². The molecule has 6 nitrogen and oxygen atoms in total. The number of carbonyl (C=O) groups is 1. The van der Waals surface area contributed by atoms with E-state index < -0.39 is 0 Å². The van der Waals surface area contributed by atoms with Gasteiger partial charge in [0.2, 0.25) is 0 Å². The maximum atomic E-state index is 13.0. The molecule has 1 atom stereocenters. The van der Waals surface area contributed by atoms with Gasteiger partial charge >= 0.3 is 0 Å². The maximum absolute atomic E-state index is 13.0. The number of hydrogen-bond acceptors (Lipinski definition) is 4. The highest BCUT2D eigenvalue weighted by molar-refractivity contribution is 6.30. The number of carbonyl (C=O) groups excluding carboxylic acids is 1. The van der Waals surface area contributed by atoms with E-state index in [1.807, 2.05) is 18.2 Å². The number of benzene rings is 2. The summed E-state index contributed by atoms with van der Waals surface area (Å²) < 4.78 is 5.18. The van der Waals surface area contributed by atoms with Crippen molar-refractivity contribution in [3.05, 3.63) is 70.4 Å². The second-order valence-electron chi connectivity index (χ2n) is 6.32. The topological polar surface area (TPSA) is 78.5 Å². The van der Waals surface area contributed by atoms with Gasteiger partial charge in [-0.1, -0.05) is 35.9 Å². The fraction of sp³-hybridized carbons (Fsp3) is 0.200. The van der Waals surface area contributed by atoms with Crippen molar-refractivity contribution in [3.8, 4) is 17.0 Å². The Morgan fingerprint density at radius 2 is 1.96 bits per heavy atom. The molecule has 27 heavy (non-hydrogen) atoms. The van der Waals surface area contributed by atoms with E-state index in [0.717, 1.165) is 11.1 Å². The molecular weight excluding hydrogens is 366 g/mol. The van der Waals surface area contributed by atoms with Crippen LogP contribution in [0.3, 0.4) is 0 Å². The summed E-state index contributed by atoms with van der Waals surface area (Å²) in [6, 6.07) is 14.0. The fourth-order valence-electron chi connectivity index (χ4n) is 3.49. The van der Waals surface area contributed by atoms with Crippen LogP contribution < -0.4 is 0 Å². The van der Waals surface area contributed by atoms with Crippen LogP contribution in [0.1, 0.15) is 27.7 Å². The third-order valence-electron chi connectivity index (χ3n) is 4.75. The van der Waals surface area contributed by atoms with Gasteiger partial charge in [-0.05, 0) is 29.8 Å². The summed E-state index contributed by atoms with van der Waals surface area (Å²) in [5.74, 6) is -0.0272. The summed E-state index contributed by atoms with van der Waals surface area (Å²) in [5.41, 5.74) is 3.25. The molecule has 2 heterocycles. The number of methoxy groups -OCH3 is 1. The number of halogens is 1. The van der Waals surface area contributed by atoms with Crippen molar-refractivity contribution < 1.29 is 14.6 Å². The number of nitrogens with one attached hydrogen (secondary N) is 1. The molecule has 3 aromatic rings.